The van der Waals surface area contributed by atoms with Crippen molar-refractivity contribution in [3.63, 3.8) is 0 Å². The number of nitrogens with two attached hydrogens (primary N) is 1. The van der Waals surface area contributed by atoms with E-state index in [-0.39, 0.29) is 18.6 Å². The molecular formula is C14H17N3O3S. The minimum Gasteiger partial charge on any atom is -0.385 e. The van der Waals surface area contributed by atoms with Gasteiger partial charge in [0.1, 0.15) is 5.60 Å². The van der Waals surface area contributed by atoms with Crippen LogP contribution in [0.15, 0.2) is 18.2 Å². The van der Waals surface area contributed by atoms with Gasteiger partial charge in [-0.05, 0) is 25.1 Å². The van der Waals surface area contributed by atoms with Crippen molar-refractivity contribution >= 4 is 32.6 Å². The van der Waals surface area contributed by atoms with Crippen LogP contribution in [-0.2, 0) is 4.74 Å². The zero-order chi connectivity index (χ0) is 15.0. The Balaban J connectivity index is 1.72. The van der Waals surface area contributed by atoms with E-state index in [1.54, 1.807) is 18.2 Å². The Morgan fingerprint density at radius 1 is 1.67 bits per heavy atom. The van der Waals surface area contributed by atoms with E-state index in [1.807, 2.05) is 6.92 Å². The Kier molecular flexibility index (Phi) is 3.56. The van der Waals surface area contributed by atoms with E-state index < -0.39 is 5.60 Å². The van der Waals surface area contributed by atoms with Crippen molar-refractivity contribution in [3.05, 3.63) is 23.8 Å². The van der Waals surface area contributed by atoms with E-state index in [0.717, 1.165) is 10.2 Å². The van der Waals surface area contributed by atoms with Gasteiger partial charge in [-0.3, -0.25) is 4.79 Å². The molecule has 0 bridgehead atoms. The molecule has 1 amide bonds. The lowest BCUT2D eigenvalue weighted by Gasteiger charge is -2.26. The first-order valence-corrected chi connectivity index (χ1v) is 7.58. The highest BCUT2D eigenvalue weighted by Crippen LogP contribution is 2.26. The molecule has 0 aliphatic carbocycles. The first-order chi connectivity index (χ1) is 9.98. The normalized spacial score (nSPS) is 25.3. The third-order valence-electron chi connectivity index (χ3n) is 3.88. The van der Waals surface area contributed by atoms with Gasteiger partial charge in [0.25, 0.3) is 5.91 Å². The number of amides is 1. The number of carbonyl (C=O) groups excluding carboxylic acids is 1. The number of nitrogen functional groups attached to an aromatic ring is 1. The number of thiazole rings is 1. The summed E-state index contributed by atoms with van der Waals surface area (Å²) in [7, 11) is 0. The molecule has 1 aromatic heterocycles. The summed E-state index contributed by atoms with van der Waals surface area (Å²) in [6, 6.07) is 5.24. The predicted molar refractivity (Wildman–Crippen MR) is 81.3 cm³/mol. The van der Waals surface area contributed by atoms with E-state index in [2.05, 4.69) is 10.3 Å². The Labute approximate surface area is 125 Å². The van der Waals surface area contributed by atoms with Gasteiger partial charge >= 0.3 is 0 Å². The Morgan fingerprint density at radius 3 is 3.19 bits per heavy atom. The first-order valence-electron chi connectivity index (χ1n) is 6.76. The number of fused-ring (bicyclic) bond motifs is 1. The van der Waals surface area contributed by atoms with Gasteiger partial charge in [0.2, 0.25) is 0 Å². The number of anilines is 1. The molecule has 1 aliphatic heterocycles. The Bertz CT molecular complexity index is 687. The second-order valence-corrected chi connectivity index (χ2v) is 6.35. The number of aliphatic hydroxyl groups is 1. The standard InChI is InChI=1S/C14H17N3O3S/c1-8-14(19,4-5-20-8)7-16-12(18)9-2-3-10-11(6-9)21-13(15)17-10/h2-3,6,8,19H,4-5,7H2,1H3,(H2,15,17)(H,16,18). The van der Waals surface area contributed by atoms with E-state index in [4.69, 9.17) is 10.5 Å². The van der Waals surface area contributed by atoms with Crippen molar-refractivity contribution in [1.82, 2.24) is 10.3 Å². The lowest BCUT2D eigenvalue weighted by Crippen LogP contribution is -2.47. The molecule has 0 spiro atoms. The first kappa shape index (κ1) is 14.2. The summed E-state index contributed by atoms with van der Waals surface area (Å²) in [6.45, 7) is 2.50. The van der Waals surface area contributed by atoms with Crippen LogP contribution in [0, 0.1) is 0 Å². The van der Waals surface area contributed by atoms with E-state index in [9.17, 15) is 9.90 Å². The summed E-state index contributed by atoms with van der Waals surface area (Å²) < 4.78 is 6.22. The lowest BCUT2D eigenvalue weighted by atomic mass is 9.96. The van der Waals surface area contributed by atoms with Crippen LogP contribution in [0.25, 0.3) is 10.2 Å². The summed E-state index contributed by atoms with van der Waals surface area (Å²) >= 11 is 1.34. The Hall–Kier alpha value is -1.70. The lowest BCUT2D eigenvalue weighted by molar-refractivity contribution is -0.0251. The molecule has 112 valence electrons. The van der Waals surface area contributed by atoms with Crippen molar-refractivity contribution in [2.45, 2.75) is 25.0 Å². The van der Waals surface area contributed by atoms with E-state index in [1.165, 1.54) is 11.3 Å². The number of carbonyl (C=O) groups is 1. The highest BCUT2D eigenvalue weighted by molar-refractivity contribution is 7.22. The molecule has 1 aromatic carbocycles. The number of nitrogens with one attached hydrogen (secondary N) is 1. The molecule has 2 unspecified atom stereocenters. The van der Waals surface area contributed by atoms with Crippen LogP contribution < -0.4 is 11.1 Å². The summed E-state index contributed by atoms with van der Waals surface area (Å²) in [4.78, 5) is 16.3. The smallest absolute Gasteiger partial charge is 0.251 e. The summed E-state index contributed by atoms with van der Waals surface area (Å²) in [5, 5.41) is 13.6. The van der Waals surface area contributed by atoms with Gasteiger partial charge in [-0.1, -0.05) is 11.3 Å². The number of nitrogens with zero attached hydrogens (tertiary/aromatic N) is 1. The average Bonchev–Trinajstić information content (AvgIpc) is 2.98. The molecule has 2 heterocycles. The number of hydrogen-bond acceptors (Lipinski definition) is 6. The molecule has 7 heteroatoms. The van der Waals surface area contributed by atoms with Crippen LogP contribution in [-0.4, -0.2) is 40.9 Å². The molecule has 0 radical (unpaired) electrons. The van der Waals surface area contributed by atoms with Gasteiger partial charge in [-0.15, -0.1) is 0 Å². The molecule has 0 saturated carbocycles. The molecule has 2 aromatic rings. The highest BCUT2D eigenvalue weighted by atomic mass is 32.1. The number of rotatable bonds is 3. The molecule has 6 nitrogen and oxygen atoms in total. The summed E-state index contributed by atoms with van der Waals surface area (Å²) in [5.41, 5.74) is 5.97. The third kappa shape index (κ3) is 2.72. The number of benzene rings is 1. The van der Waals surface area contributed by atoms with Gasteiger partial charge in [0, 0.05) is 25.1 Å². The van der Waals surface area contributed by atoms with Gasteiger partial charge in [-0.2, -0.15) is 0 Å². The maximum Gasteiger partial charge on any atom is 0.251 e. The molecular weight excluding hydrogens is 290 g/mol. The monoisotopic (exact) mass is 307 g/mol. The van der Waals surface area contributed by atoms with Crippen molar-refractivity contribution in [2.75, 3.05) is 18.9 Å². The SMILES string of the molecule is CC1OCCC1(O)CNC(=O)c1ccc2nc(N)sc2c1. The second kappa shape index (κ2) is 5.25. The van der Waals surface area contributed by atoms with E-state index in [0.29, 0.717) is 23.7 Å². The largest absolute Gasteiger partial charge is 0.385 e. The van der Waals surface area contributed by atoms with Crippen LogP contribution in [0.5, 0.6) is 0 Å². The highest BCUT2D eigenvalue weighted by Gasteiger charge is 2.39. The predicted octanol–water partition coefficient (Wildman–Crippen LogP) is 1.15. The quantitative estimate of drug-likeness (QED) is 0.790. The summed E-state index contributed by atoms with van der Waals surface area (Å²) in [5.74, 6) is -0.226. The average molecular weight is 307 g/mol. The zero-order valence-corrected chi connectivity index (χ0v) is 12.4. The fourth-order valence-electron chi connectivity index (χ4n) is 2.42. The fourth-order valence-corrected chi connectivity index (χ4v) is 3.20. The molecule has 21 heavy (non-hydrogen) atoms. The second-order valence-electron chi connectivity index (χ2n) is 5.28. The van der Waals surface area contributed by atoms with E-state index >= 15 is 0 Å². The van der Waals surface area contributed by atoms with Crippen molar-refractivity contribution in [3.8, 4) is 0 Å². The fraction of sp³-hybridized carbons (Fsp3) is 0.429. The topological polar surface area (TPSA) is 97.5 Å². The van der Waals surface area contributed by atoms with Crippen molar-refractivity contribution in [2.24, 2.45) is 0 Å². The van der Waals surface area contributed by atoms with Gasteiger partial charge in [0.15, 0.2) is 5.13 Å². The van der Waals surface area contributed by atoms with Crippen LogP contribution in [0.2, 0.25) is 0 Å². The number of hydrogen-bond donors (Lipinski definition) is 3. The number of ether oxygens (including phenoxy) is 1. The van der Waals surface area contributed by atoms with Crippen LogP contribution in [0.3, 0.4) is 0 Å². The van der Waals surface area contributed by atoms with Crippen LogP contribution in [0.4, 0.5) is 5.13 Å². The van der Waals surface area contributed by atoms with Gasteiger partial charge in [-0.25, -0.2) is 4.98 Å². The van der Waals surface area contributed by atoms with Gasteiger partial charge < -0.3 is 20.9 Å². The molecule has 1 aliphatic rings. The van der Waals surface area contributed by atoms with Crippen molar-refractivity contribution < 1.29 is 14.6 Å². The third-order valence-corrected chi connectivity index (χ3v) is 4.73. The summed E-state index contributed by atoms with van der Waals surface area (Å²) in [6.07, 6.45) is 0.250. The Morgan fingerprint density at radius 2 is 2.48 bits per heavy atom. The molecule has 3 rings (SSSR count). The number of aromatic nitrogens is 1. The molecule has 2 atom stereocenters. The molecule has 1 fully saturated rings. The minimum atomic E-state index is -0.991. The van der Waals surface area contributed by atoms with Gasteiger partial charge in [0.05, 0.1) is 16.3 Å². The van der Waals surface area contributed by atoms with Crippen LogP contribution in [0.1, 0.15) is 23.7 Å². The molecule has 4 N–H and O–H groups in total. The maximum atomic E-state index is 12.2. The minimum absolute atomic E-state index is 0.176. The van der Waals surface area contributed by atoms with Crippen molar-refractivity contribution in [1.29, 1.82) is 0 Å². The zero-order valence-electron chi connectivity index (χ0n) is 11.6. The van der Waals surface area contributed by atoms with Crippen LogP contribution >= 0.6 is 11.3 Å². The molecule has 1 saturated heterocycles. The maximum absolute atomic E-state index is 12.2.